The molecule has 2 aromatic heterocycles. The molecule has 2 aliphatic rings. The number of allylic oxidation sites excluding steroid dienone is 5. The number of rotatable bonds is 11. The molecule has 0 atom stereocenters. The molecule has 2 fully saturated rings. The Morgan fingerprint density at radius 2 is 1.87 bits per heavy atom. The van der Waals surface area contributed by atoms with Crippen LogP contribution >= 0.6 is 0 Å². The predicted molar refractivity (Wildman–Crippen MR) is 152 cm³/mol. The Labute approximate surface area is 223 Å². The van der Waals surface area contributed by atoms with E-state index in [9.17, 15) is 5.11 Å². The van der Waals surface area contributed by atoms with E-state index in [1.54, 1.807) is 0 Å². The lowest BCUT2D eigenvalue weighted by Gasteiger charge is -2.38. The molecule has 1 saturated heterocycles. The normalized spacial score (nSPS) is 17.4. The first-order chi connectivity index (χ1) is 18.6. The Morgan fingerprint density at radius 1 is 1.11 bits per heavy atom. The van der Waals surface area contributed by atoms with Crippen LogP contribution in [0.5, 0.6) is 0 Å². The topological polar surface area (TPSA) is 110 Å². The molecule has 1 saturated carbocycles. The number of fused-ring (bicyclic) bond motifs is 1. The van der Waals surface area contributed by atoms with Gasteiger partial charge in [0.2, 0.25) is 11.7 Å². The first-order valence-corrected chi connectivity index (χ1v) is 13.5. The number of morpholine rings is 1. The summed E-state index contributed by atoms with van der Waals surface area (Å²) in [5.41, 5.74) is 10.1. The van der Waals surface area contributed by atoms with E-state index in [1.807, 2.05) is 12.2 Å². The summed E-state index contributed by atoms with van der Waals surface area (Å²) in [6.45, 7) is 6.86. The highest BCUT2D eigenvalue weighted by Gasteiger charge is 2.34. The molecule has 1 aliphatic heterocycles. The minimum absolute atomic E-state index is 0.0118. The fourth-order valence-electron chi connectivity index (χ4n) is 5.03. The Hall–Kier alpha value is -3.46. The second-order valence-electron chi connectivity index (χ2n) is 9.88. The molecule has 5 rings (SSSR count). The van der Waals surface area contributed by atoms with Crippen molar-refractivity contribution in [2.24, 2.45) is 5.73 Å². The summed E-state index contributed by atoms with van der Waals surface area (Å²) < 4.78 is 12.1. The molecule has 8 heteroatoms. The number of hydrogen-bond acceptors (Lipinski definition) is 8. The lowest BCUT2D eigenvalue weighted by Crippen LogP contribution is -2.43. The minimum atomic E-state index is -0.210. The zero-order valence-electron chi connectivity index (χ0n) is 21.9. The van der Waals surface area contributed by atoms with Gasteiger partial charge in [0.05, 0.1) is 25.2 Å². The number of nitrogens with two attached hydrogens (primary N) is 1. The van der Waals surface area contributed by atoms with Gasteiger partial charge in [-0.3, -0.25) is 0 Å². The highest BCUT2D eigenvalue weighted by molar-refractivity contribution is 5.95. The van der Waals surface area contributed by atoms with Gasteiger partial charge in [-0.05, 0) is 37.7 Å². The third kappa shape index (κ3) is 5.53. The van der Waals surface area contributed by atoms with Crippen LogP contribution in [0.15, 0.2) is 65.6 Å². The number of benzene rings is 1. The first-order valence-electron chi connectivity index (χ1n) is 13.5. The highest BCUT2D eigenvalue weighted by Crippen LogP contribution is 2.41. The number of ether oxygens (including phenoxy) is 1. The van der Waals surface area contributed by atoms with Gasteiger partial charge in [-0.1, -0.05) is 54.6 Å². The summed E-state index contributed by atoms with van der Waals surface area (Å²) >= 11 is 0. The maximum Gasteiger partial charge on any atom is 0.234 e. The summed E-state index contributed by atoms with van der Waals surface area (Å²) in [4.78, 5) is 11.8. The highest BCUT2D eigenvalue weighted by atomic mass is 16.5. The van der Waals surface area contributed by atoms with Gasteiger partial charge < -0.3 is 30.2 Å². The second kappa shape index (κ2) is 11.9. The Bertz CT molecular complexity index is 1300. The molecule has 3 aromatic rings. The van der Waals surface area contributed by atoms with Crippen molar-refractivity contribution in [2.45, 2.75) is 37.6 Å². The van der Waals surface area contributed by atoms with Crippen molar-refractivity contribution in [3.05, 3.63) is 72.4 Å². The maximum atomic E-state index is 9.34. The summed E-state index contributed by atoms with van der Waals surface area (Å²) in [6, 6.07) is 8.46. The van der Waals surface area contributed by atoms with Crippen LogP contribution in [0.2, 0.25) is 0 Å². The molecule has 200 valence electrons. The minimum Gasteiger partial charge on any atom is -0.437 e. The van der Waals surface area contributed by atoms with Crippen LogP contribution in [-0.2, 0) is 16.7 Å². The third-order valence-electron chi connectivity index (χ3n) is 7.31. The summed E-state index contributed by atoms with van der Waals surface area (Å²) in [7, 11) is 0. The fourth-order valence-corrected chi connectivity index (χ4v) is 5.03. The molecule has 4 N–H and O–H groups in total. The number of furan rings is 1. The van der Waals surface area contributed by atoms with E-state index < -0.39 is 0 Å². The van der Waals surface area contributed by atoms with Crippen LogP contribution in [0.25, 0.3) is 22.4 Å². The lowest BCUT2D eigenvalue weighted by molar-refractivity contribution is 0.122. The summed E-state index contributed by atoms with van der Waals surface area (Å²) in [5.74, 6) is 2.05. The fraction of sp³-hybridized carbons (Fsp3) is 0.400. The van der Waals surface area contributed by atoms with Crippen LogP contribution in [0, 0.1) is 0 Å². The van der Waals surface area contributed by atoms with Crippen LogP contribution in [-0.4, -0.2) is 54.5 Å². The number of nitrogens with zero attached hydrogens (tertiary/aromatic N) is 3. The van der Waals surface area contributed by atoms with Crippen molar-refractivity contribution in [1.29, 1.82) is 0 Å². The van der Waals surface area contributed by atoms with E-state index in [0.717, 1.165) is 60.4 Å². The van der Waals surface area contributed by atoms with Gasteiger partial charge in [0.25, 0.3) is 0 Å². The Kier molecular flexibility index (Phi) is 8.22. The average Bonchev–Trinajstić information content (AvgIpc) is 3.31. The number of aliphatic hydroxyl groups excluding tert-OH is 1. The van der Waals surface area contributed by atoms with Crippen molar-refractivity contribution < 1.29 is 14.3 Å². The quantitative estimate of drug-likeness (QED) is 0.249. The molecule has 0 radical (unpaired) electrons. The van der Waals surface area contributed by atoms with E-state index in [2.05, 4.69) is 59.3 Å². The van der Waals surface area contributed by atoms with Crippen molar-refractivity contribution in [3.8, 4) is 11.3 Å². The zero-order chi connectivity index (χ0) is 26.4. The van der Waals surface area contributed by atoms with Gasteiger partial charge in [0.15, 0.2) is 0 Å². The van der Waals surface area contributed by atoms with Gasteiger partial charge in [-0.2, -0.15) is 9.97 Å². The van der Waals surface area contributed by atoms with Gasteiger partial charge in [-0.25, -0.2) is 0 Å². The van der Waals surface area contributed by atoms with E-state index in [4.69, 9.17) is 24.9 Å². The maximum absolute atomic E-state index is 9.34. The molecule has 0 amide bonds. The third-order valence-corrected chi connectivity index (χ3v) is 7.31. The standard InChI is InChI=1S/C30H37N5O3/c1-2-3-4-5-6-7-9-24-25-27(35-17-20-37-21-18-35)33-29(32-16-19-36)34-28(25)38-26(24)22-10-12-23(13-11-22)30(31)14-8-15-30/h2,4-7,10-13,36H,1,3,8-9,14-21,31H2,(H,32,33,34). The predicted octanol–water partition coefficient (Wildman–Crippen LogP) is 4.70. The molecule has 38 heavy (non-hydrogen) atoms. The van der Waals surface area contributed by atoms with Crippen molar-refractivity contribution >= 4 is 22.9 Å². The number of aliphatic hydroxyl groups is 1. The van der Waals surface area contributed by atoms with Gasteiger partial charge in [-0.15, -0.1) is 6.58 Å². The van der Waals surface area contributed by atoms with Crippen molar-refractivity contribution in [2.75, 3.05) is 49.7 Å². The molecule has 0 bridgehead atoms. The number of aromatic nitrogens is 2. The smallest absolute Gasteiger partial charge is 0.234 e. The number of nitrogens with one attached hydrogen (secondary N) is 1. The molecule has 3 heterocycles. The SMILES string of the molecule is C=CCC=CC=CCc1c(-c2ccc(C3(N)CCC3)cc2)oc2nc(NCCO)nc(N3CCOCC3)c12. The van der Waals surface area contributed by atoms with E-state index in [1.165, 1.54) is 12.0 Å². The summed E-state index contributed by atoms with van der Waals surface area (Å²) in [6.07, 6.45) is 14.9. The van der Waals surface area contributed by atoms with Gasteiger partial charge in [0.1, 0.15) is 11.6 Å². The van der Waals surface area contributed by atoms with E-state index in [0.29, 0.717) is 37.8 Å². The van der Waals surface area contributed by atoms with E-state index >= 15 is 0 Å². The largest absolute Gasteiger partial charge is 0.437 e. The van der Waals surface area contributed by atoms with Crippen molar-refractivity contribution in [1.82, 2.24) is 9.97 Å². The van der Waals surface area contributed by atoms with Gasteiger partial charge >= 0.3 is 0 Å². The molecular formula is C30H37N5O3. The van der Waals surface area contributed by atoms with Crippen LogP contribution < -0.4 is 16.0 Å². The molecule has 1 aromatic carbocycles. The molecule has 1 aliphatic carbocycles. The van der Waals surface area contributed by atoms with E-state index in [-0.39, 0.29) is 12.1 Å². The average molecular weight is 516 g/mol. The Morgan fingerprint density at radius 3 is 2.55 bits per heavy atom. The lowest BCUT2D eigenvalue weighted by atomic mass is 9.72. The Balaban J connectivity index is 1.60. The van der Waals surface area contributed by atoms with Crippen LogP contribution in [0.3, 0.4) is 0 Å². The van der Waals surface area contributed by atoms with Crippen LogP contribution in [0.4, 0.5) is 11.8 Å². The second-order valence-corrected chi connectivity index (χ2v) is 9.88. The van der Waals surface area contributed by atoms with Gasteiger partial charge in [0, 0.05) is 36.3 Å². The van der Waals surface area contributed by atoms with Crippen molar-refractivity contribution in [3.63, 3.8) is 0 Å². The monoisotopic (exact) mass is 515 g/mol. The first kappa shape index (κ1) is 26.2. The summed E-state index contributed by atoms with van der Waals surface area (Å²) in [5, 5.41) is 13.4. The molecule has 8 nitrogen and oxygen atoms in total. The number of anilines is 2. The zero-order valence-corrected chi connectivity index (χ0v) is 21.9. The molecule has 0 spiro atoms. The molecular weight excluding hydrogens is 478 g/mol. The van der Waals surface area contributed by atoms with Crippen LogP contribution in [0.1, 0.15) is 36.8 Å². The number of hydrogen-bond donors (Lipinski definition) is 3. The molecule has 0 unspecified atom stereocenters.